The van der Waals surface area contributed by atoms with Crippen LogP contribution < -0.4 is 9.62 Å². The van der Waals surface area contributed by atoms with E-state index in [4.69, 9.17) is 58.0 Å². The van der Waals surface area contributed by atoms with Crippen LogP contribution in [-0.4, -0.2) is 50.0 Å². The van der Waals surface area contributed by atoms with Crippen LogP contribution >= 0.6 is 58.0 Å². The zero-order valence-electron chi connectivity index (χ0n) is 21.5. The number of anilines is 1. The molecule has 0 aliphatic heterocycles. The first-order chi connectivity index (χ1) is 18.3. The third-order valence-corrected chi connectivity index (χ3v) is 9.37. The number of benzene rings is 2. The van der Waals surface area contributed by atoms with Crippen molar-refractivity contribution in [3.63, 3.8) is 0 Å². The monoisotopic (exact) mass is 655 g/mol. The van der Waals surface area contributed by atoms with Gasteiger partial charge in [0, 0.05) is 22.6 Å². The Kier molecular flexibility index (Phi) is 11.5. The van der Waals surface area contributed by atoms with Gasteiger partial charge in [0.15, 0.2) is 0 Å². The molecule has 0 heterocycles. The van der Waals surface area contributed by atoms with E-state index in [1.165, 1.54) is 17.0 Å². The first-order valence-electron chi connectivity index (χ1n) is 12.5. The molecule has 1 N–H and O–H groups in total. The lowest BCUT2D eigenvalue weighted by Gasteiger charge is -2.34. The number of carbonyl (C=O) groups is 2. The minimum Gasteiger partial charge on any atom is -0.352 e. The molecule has 2 aromatic rings. The molecule has 0 aromatic heterocycles. The second kappa shape index (κ2) is 14.0. The van der Waals surface area contributed by atoms with Crippen LogP contribution in [0.1, 0.15) is 51.0 Å². The molecule has 0 saturated heterocycles. The predicted molar refractivity (Wildman–Crippen MR) is 160 cm³/mol. The highest BCUT2D eigenvalue weighted by Crippen LogP contribution is 2.36. The van der Waals surface area contributed by atoms with Gasteiger partial charge < -0.3 is 10.2 Å². The normalized spacial score (nSPS) is 15.1. The molecular weight excluding hydrogens is 628 g/mol. The van der Waals surface area contributed by atoms with Gasteiger partial charge in [-0.25, -0.2) is 8.42 Å². The molecule has 1 aliphatic rings. The van der Waals surface area contributed by atoms with Crippen molar-refractivity contribution in [1.29, 1.82) is 0 Å². The van der Waals surface area contributed by atoms with Crippen LogP contribution in [0, 0.1) is 0 Å². The maximum absolute atomic E-state index is 13.9. The van der Waals surface area contributed by atoms with Crippen LogP contribution in [0.2, 0.25) is 25.1 Å². The fourth-order valence-corrected chi connectivity index (χ4v) is 6.61. The van der Waals surface area contributed by atoms with E-state index in [0.717, 1.165) is 42.7 Å². The number of carbonyl (C=O) groups excluding carboxylic acids is 2. The summed E-state index contributed by atoms with van der Waals surface area (Å²) in [5.41, 5.74) is 0.544. The number of sulfonamides is 1. The zero-order chi connectivity index (χ0) is 28.9. The van der Waals surface area contributed by atoms with Crippen molar-refractivity contribution >= 4 is 85.5 Å². The van der Waals surface area contributed by atoms with Crippen molar-refractivity contribution in [2.45, 2.75) is 64.1 Å². The third kappa shape index (κ3) is 8.54. The second-order valence-corrected chi connectivity index (χ2v) is 13.5. The van der Waals surface area contributed by atoms with Gasteiger partial charge in [-0.1, -0.05) is 90.3 Å². The molecule has 0 bridgehead atoms. The van der Waals surface area contributed by atoms with Crippen molar-refractivity contribution in [2.75, 3.05) is 17.1 Å². The average Bonchev–Trinajstić information content (AvgIpc) is 2.86. The molecule has 1 fully saturated rings. The minimum atomic E-state index is -4.01. The quantitative estimate of drug-likeness (QED) is 0.280. The van der Waals surface area contributed by atoms with Gasteiger partial charge >= 0.3 is 0 Å². The number of amides is 2. The van der Waals surface area contributed by atoms with Gasteiger partial charge in [0.1, 0.15) is 12.6 Å². The Hall–Kier alpha value is -1.42. The van der Waals surface area contributed by atoms with Crippen LogP contribution in [0.4, 0.5) is 5.69 Å². The molecule has 7 nitrogen and oxygen atoms in total. The van der Waals surface area contributed by atoms with E-state index in [-0.39, 0.29) is 39.2 Å². The van der Waals surface area contributed by atoms with E-state index in [9.17, 15) is 18.0 Å². The van der Waals surface area contributed by atoms with Crippen molar-refractivity contribution in [1.82, 2.24) is 10.2 Å². The summed E-state index contributed by atoms with van der Waals surface area (Å²) >= 11 is 30.9. The predicted octanol–water partition coefficient (Wildman–Crippen LogP) is 6.98. The minimum absolute atomic E-state index is 0.00277. The van der Waals surface area contributed by atoms with E-state index in [1.54, 1.807) is 25.1 Å². The Balaban J connectivity index is 1.99. The van der Waals surface area contributed by atoms with Crippen molar-refractivity contribution in [3.05, 3.63) is 61.0 Å². The fraction of sp³-hybridized carbons (Fsp3) is 0.462. The number of nitrogens with zero attached hydrogens (tertiary/aromatic N) is 2. The lowest BCUT2D eigenvalue weighted by atomic mass is 9.95. The molecule has 1 saturated carbocycles. The molecule has 0 spiro atoms. The van der Waals surface area contributed by atoms with Crippen molar-refractivity contribution in [2.24, 2.45) is 0 Å². The lowest BCUT2D eigenvalue weighted by Crippen LogP contribution is -2.54. The van der Waals surface area contributed by atoms with Crippen molar-refractivity contribution in [3.8, 4) is 0 Å². The summed E-state index contributed by atoms with van der Waals surface area (Å²) in [7, 11) is -4.01. The summed E-state index contributed by atoms with van der Waals surface area (Å²) < 4.78 is 26.5. The lowest BCUT2D eigenvalue weighted by molar-refractivity contribution is -0.140. The zero-order valence-corrected chi connectivity index (χ0v) is 26.1. The van der Waals surface area contributed by atoms with Crippen LogP contribution in [0.5, 0.6) is 0 Å². The summed E-state index contributed by atoms with van der Waals surface area (Å²) in [5.74, 6) is -0.930. The van der Waals surface area contributed by atoms with E-state index < -0.39 is 28.5 Å². The Bertz CT molecular complexity index is 1320. The van der Waals surface area contributed by atoms with Crippen molar-refractivity contribution < 1.29 is 18.0 Å². The highest BCUT2D eigenvalue weighted by Gasteiger charge is 2.34. The summed E-state index contributed by atoms with van der Waals surface area (Å²) in [5, 5.41) is 4.01. The molecule has 2 amide bonds. The SMILES string of the molecule is CCC(C(=O)NC1CCCCC1)N(Cc1ccc(Cl)cc1Cl)C(=O)CN(c1cc(Cl)c(Cl)cc1Cl)S(C)(=O)=O. The maximum Gasteiger partial charge on any atom is 0.244 e. The first kappa shape index (κ1) is 32.1. The van der Waals surface area contributed by atoms with Gasteiger partial charge in [0.05, 0.1) is 27.0 Å². The Morgan fingerprint density at radius 3 is 2.18 bits per heavy atom. The molecule has 214 valence electrons. The van der Waals surface area contributed by atoms with Gasteiger partial charge in [-0.05, 0) is 49.1 Å². The molecule has 0 radical (unpaired) electrons. The number of hydrogen-bond donors (Lipinski definition) is 1. The molecule has 3 rings (SSSR count). The number of hydrogen-bond acceptors (Lipinski definition) is 4. The Morgan fingerprint density at radius 2 is 1.59 bits per heavy atom. The summed E-state index contributed by atoms with van der Waals surface area (Å²) in [4.78, 5) is 28.7. The van der Waals surface area contributed by atoms with Gasteiger partial charge in [-0.3, -0.25) is 13.9 Å². The van der Waals surface area contributed by atoms with E-state index in [1.807, 2.05) is 0 Å². The highest BCUT2D eigenvalue weighted by atomic mass is 35.5. The van der Waals surface area contributed by atoms with Crippen LogP contribution in [0.3, 0.4) is 0 Å². The van der Waals surface area contributed by atoms with Gasteiger partial charge in [-0.15, -0.1) is 0 Å². The van der Waals surface area contributed by atoms with Crippen LogP contribution in [0.15, 0.2) is 30.3 Å². The van der Waals surface area contributed by atoms with Crippen LogP contribution in [-0.2, 0) is 26.2 Å². The molecule has 1 unspecified atom stereocenters. The second-order valence-electron chi connectivity index (χ2n) is 9.51. The molecular formula is C26H30Cl5N3O4S. The van der Waals surface area contributed by atoms with Gasteiger partial charge in [0.2, 0.25) is 21.8 Å². The Labute approximate surface area is 254 Å². The first-order valence-corrected chi connectivity index (χ1v) is 16.2. The standard InChI is InChI=1S/C26H30Cl5N3O4S/c1-3-23(26(36)32-18-7-5-4-6-8-18)33(14-16-9-10-17(27)11-19(16)28)25(35)15-34(39(2,37)38)24-13-21(30)20(29)12-22(24)31/h9-13,18,23H,3-8,14-15H2,1-2H3,(H,32,36). The third-order valence-electron chi connectivity index (χ3n) is 6.63. The van der Waals surface area contributed by atoms with E-state index >= 15 is 0 Å². The van der Waals surface area contributed by atoms with Gasteiger partial charge in [0.25, 0.3) is 0 Å². The van der Waals surface area contributed by atoms with Crippen LogP contribution in [0.25, 0.3) is 0 Å². The largest absolute Gasteiger partial charge is 0.352 e. The molecule has 1 aliphatic carbocycles. The number of rotatable bonds is 10. The van der Waals surface area contributed by atoms with E-state index in [0.29, 0.717) is 22.0 Å². The number of nitrogens with one attached hydrogen (secondary N) is 1. The summed E-state index contributed by atoms with van der Waals surface area (Å²) in [6.45, 7) is 1.12. The molecule has 1 atom stereocenters. The molecule has 39 heavy (non-hydrogen) atoms. The Morgan fingerprint density at radius 1 is 0.949 bits per heavy atom. The average molecular weight is 658 g/mol. The molecule has 2 aromatic carbocycles. The maximum atomic E-state index is 13.9. The topological polar surface area (TPSA) is 86.8 Å². The highest BCUT2D eigenvalue weighted by molar-refractivity contribution is 7.92. The number of halogens is 5. The van der Waals surface area contributed by atoms with E-state index in [2.05, 4.69) is 5.32 Å². The fourth-order valence-electron chi connectivity index (χ4n) is 4.60. The summed E-state index contributed by atoms with van der Waals surface area (Å²) in [6.07, 6.45) is 6.17. The molecule has 13 heteroatoms. The smallest absolute Gasteiger partial charge is 0.244 e. The summed E-state index contributed by atoms with van der Waals surface area (Å²) in [6, 6.07) is 6.58. The van der Waals surface area contributed by atoms with Gasteiger partial charge in [-0.2, -0.15) is 0 Å².